The summed E-state index contributed by atoms with van der Waals surface area (Å²) in [6.07, 6.45) is 1.35. The number of hydrogen-bond acceptors (Lipinski definition) is 3. The Balaban J connectivity index is 1.59. The molecule has 3 aromatic carbocycles. The summed E-state index contributed by atoms with van der Waals surface area (Å²) in [6, 6.07) is 16.7. The standard InChI is InChI=1S/C24H21Cl3FN3O/c25-15-3-1-14(2-4-15)23-13-18(30-24(32)19-7-6-17(28)12-21(19)29)9-10-31(23)22-8-5-16(26)11-20(22)27/h1-8,11-12,18,23H,9-10,13,29H2,(H,30,32). The van der Waals surface area contributed by atoms with Gasteiger partial charge in [0.05, 0.1) is 22.3 Å². The van der Waals surface area contributed by atoms with Gasteiger partial charge in [-0.05, 0) is 66.9 Å². The average Bonchev–Trinajstić information content (AvgIpc) is 2.74. The Morgan fingerprint density at radius 3 is 2.41 bits per heavy atom. The highest BCUT2D eigenvalue weighted by molar-refractivity contribution is 6.36. The van der Waals surface area contributed by atoms with Crippen LogP contribution >= 0.6 is 34.8 Å². The molecule has 3 N–H and O–H groups in total. The third-order valence-electron chi connectivity index (χ3n) is 5.67. The molecule has 8 heteroatoms. The summed E-state index contributed by atoms with van der Waals surface area (Å²) in [7, 11) is 0. The molecule has 0 saturated carbocycles. The Morgan fingerprint density at radius 1 is 1.00 bits per heavy atom. The molecule has 3 aromatic rings. The van der Waals surface area contributed by atoms with Gasteiger partial charge in [0, 0.05) is 28.3 Å². The van der Waals surface area contributed by atoms with Crippen LogP contribution in [0.4, 0.5) is 15.8 Å². The second kappa shape index (κ2) is 9.57. The van der Waals surface area contributed by atoms with E-state index in [-0.39, 0.29) is 29.2 Å². The van der Waals surface area contributed by atoms with Gasteiger partial charge < -0.3 is 16.0 Å². The first-order valence-corrected chi connectivity index (χ1v) is 11.3. The van der Waals surface area contributed by atoms with E-state index in [2.05, 4.69) is 10.2 Å². The van der Waals surface area contributed by atoms with Crippen LogP contribution in [0.15, 0.2) is 60.7 Å². The number of piperidine rings is 1. The number of nitrogens with one attached hydrogen (secondary N) is 1. The molecule has 1 heterocycles. The van der Waals surface area contributed by atoms with Gasteiger partial charge in [-0.2, -0.15) is 0 Å². The number of nitrogens with zero attached hydrogens (tertiary/aromatic N) is 1. The minimum Gasteiger partial charge on any atom is -0.398 e. The van der Waals surface area contributed by atoms with E-state index in [0.717, 1.165) is 17.3 Å². The Hall–Kier alpha value is -2.47. The first kappa shape index (κ1) is 22.7. The van der Waals surface area contributed by atoms with Crippen LogP contribution in [-0.4, -0.2) is 18.5 Å². The fourth-order valence-corrected chi connectivity index (χ4v) is 4.75. The molecule has 2 unspecified atom stereocenters. The zero-order chi connectivity index (χ0) is 22.8. The average molecular weight is 493 g/mol. The van der Waals surface area contributed by atoms with Crippen molar-refractivity contribution in [3.05, 3.63) is 92.7 Å². The highest BCUT2D eigenvalue weighted by atomic mass is 35.5. The van der Waals surface area contributed by atoms with E-state index < -0.39 is 5.82 Å². The minimum absolute atomic E-state index is 0.0458. The van der Waals surface area contributed by atoms with Crippen LogP contribution < -0.4 is 16.0 Å². The van der Waals surface area contributed by atoms with Crippen molar-refractivity contribution in [1.82, 2.24) is 5.32 Å². The number of carbonyl (C=O) groups is 1. The van der Waals surface area contributed by atoms with Crippen molar-refractivity contribution < 1.29 is 9.18 Å². The summed E-state index contributed by atoms with van der Waals surface area (Å²) < 4.78 is 13.4. The molecule has 32 heavy (non-hydrogen) atoms. The summed E-state index contributed by atoms with van der Waals surface area (Å²) >= 11 is 18.7. The van der Waals surface area contributed by atoms with Crippen molar-refractivity contribution in [2.45, 2.75) is 24.9 Å². The zero-order valence-corrected chi connectivity index (χ0v) is 19.3. The first-order valence-electron chi connectivity index (χ1n) is 10.1. The topological polar surface area (TPSA) is 58.4 Å². The van der Waals surface area contributed by atoms with E-state index in [0.29, 0.717) is 34.5 Å². The predicted molar refractivity (Wildman–Crippen MR) is 129 cm³/mol. The maximum Gasteiger partial charge on any atom is 0.253 e. The predicted octanol–water partition coefficient (Wildman–Crippen LogP) is 6.51. The molecular weight excluding hydrogens is 472 g/mol. The van der Waals surface area contributed by atoms with Gasteiger partial charge >= 0.3 is 0 Å². The lowest BCUT2D eigenvalue weighted by Gasteiger charge is -2.42. The number of hydrogen-bond donors (Lipinski definition) is 2. The number of amides is 1. The Bertz CT molecular complexity index is 1140. The summed E-state index contributed by atoms with van der Waals surface area (Å²) in [5.74, 6) is -0.796. The molecule has 166 valence electrons. The van der Waals surface area contributed by atoms with Crippen molar-refractivity contribution in [3.8, 4) is 0 Å². The van der Waals surface area contributed by atoms with E-state index in [1.165, 1.54) is 12.1 Å². The molecule has 4 rings (SSSR count). The van der Waals surface area contributed by atoms with Crippen LogP contribution in [0.2, 0.25) is 15.1 Å². The van der Waals surface area contributed by atoms with Gasteiger partial charge in [-0.3, -0.25) is 4.79 Å². The van der Waals surface area contributed by atoms with Crippen molar-refractivity contribution in [1.29, 1.82) is 0 Å². The number of anilines is 2. The number of halogens is 4. The van der Waals surface area contributed by atoms with Gasteiger partial charge in [-0.1, -0.05) is 46.9 Å². The quantitative estimate of drug-likeness (QED) is 0.408. The third kappa shape index (κ3) is 4.96. The number of rotatable bonds is 4. The normalized spacial score (nSPS) is 18.4. The Labute approximate surface area is 201 Å². The largest absolute Gasteiger partial charge is 0.398 e. The number of nitrogen functional groups attached to an aromatic ring is 1. The van der Waals surface area contributed by atoms with Crippen LogP contribution in [0.25, 0.3) is 0 Å². The molecule has 1 aliphatic heterocycles. The molecule has 2 atom stereocenters. The van der Waals surface area contributed by atoms with E-state index >= 15 is 0 Å². The lowest BCUT2D eigenvalue weighted by molar-refractivity contribution is 0.0928. The number of nitrogens with two attached hydrogens (primary N) is 1. The zero-order valence-electron chi connectivity index (χ0n) is 17.0. The Kier molecular flexibility index (Phi) is 6.79. The van der Waals surface area contributed by atoms with Crippen molar-refractivity contribution in [2.24, 2.45) is 0 Å². The molecule has 4 nitrogen and oxygen atoms in total. The lowest BCUT2D eigenvalue weighted by atomic mass is 9.91. The first-order chi connectivity index (χ1) is 15.3. The SMILES string of the molecule is Nc1cc(F)ccc1C(=O)NC1CCN(c2ccc(Cl)cc2Cl)C(c2ccc(Cl)cc2)C1. The van der Waals surface area contributed by atoms with Crippen LogP contribution in [0, 0.1) is 5.82 Å². The monoisotopic (exact) mass is 491 g/mol. The van der Waals surface area contributed by atoms with Crippen molar-refractivity contribution in [2.75, 3.05) is 17.2 Å². The highest BCUT2D eigenvalue weighted by Gasteiger charge is 2.32. The van der Waals surface area contributed by atoms with Gasteiger partial charge in [0.25, 0.3) is 5.91 Å². The molecular formula is C24H21Cl3FN3O. The highest BCUT2D eigenvalue weighted by Crippen LogP contribution is 2.39. The van der Waals surface area contributed by atoms with Gasteiger partial charge in [-0.25, -0.2) is 4.39 Å². The van der Waals surface area contributed by atoms with E-state index in [1.807, 2.05) is 36.4 Å². The molecule has 0 bridgehead atoms. The third-order valence-corrected chi connectivity index (χ3v) is 6.46. The molecule has 1 saturated heterocycles. The number of carbonyl (C=O) groups excluding carboxylic acids is 1. The smallest absolute Gasteiger partial charge is 0.253 e. The van der Waals surface area contributed by atoms with E-state index in [1.54, 1.807) is 6.07 Å². The summed E-state index contributed by atoms with van der Waals surface area (Å²) in [4.78, 5) is 15.0. The molecule has 1 aliphatic rings. The summed E-state index contributed by atoms with van der Waals surface area (Å²) in [6.45, 7) is 0.665. The molecule has 1 fully saturated rings. The summed E-state index contributed by atoms with van der Waals surface area (Å²) in [5, 5.41) is 4.84. The molecule has 0 radical (unpaired) electrons. The van der Waals surface area contributed by atoms with Crippen LogP contribution in [0.3, 0.4) is 0 Å². The van der Waals surface area contributed by atoms with Crippen LogP contribution in [0.5, 0.6) is 0 Å². The molecule has 1 amide bonds. The van der Waals surface area contributed by atoms with Gasteiger partial charge in [0.1, 0.15) is 5.82 Å². The Morgan fingerprint density at radius 2 is 1.72 bits per heavy atom. The van der Waals surface area contributed by atoms with E-state index in [9.17, 15) is 9.18 Å². The maximum absolute atomic E-state index is 13.4. The second-order valence-corrected chi connectivity index (χ2v) is 9.06. The lowest BCUT2D eigenvalue weighted by Crippen LogP contribution is -2.46. The van der Waals surface area contributed by atoms with Crippen molar-refractivity contribution >= 4 is 52.1 Å². The second-order valence-electron chi connectivity index (χ2n) is 7.78. The van der Waals surface area contributed by atoms with Crippen molar-refractivity contribution in [3.63, 3.8) is 0 Å². The number of benzene rings is 3. The van der Waals surface area contributed by atoms with Gasteiger partial charge in [0.2, 0.25) is 0 Å². The fraction of sp³-hybridized carbons (Fsp3) is 0.208. The molecule has 0 aromatic heterocycles. The molecule has 0 spiro atoms. The molecule has 0 aliphatic carbocycles. The van der Waals surface area contributed by atoms with Gasteiger partial charge in [-0.15, -0.1) is 0 Å². The van der Waals surface area contributed by atoms with Crippen LogP contribution in [-0.2, 0) is 0 Å². The van der Waals surface area contributed by atoms with Crippen LogP contribution in [0.1, 0.15) is 34.8 Å². The minimum atomic E-state index is -0.477. The summed E-state index contributed by atoms with van der Waals surface area (Å²) in [5.41, 5.74) is 8.15. The maximum atomic E-state index is 13.4. The van der Waals surface area contributed by atoms with E-state index in [4.69, 9.17) is 40.5 Å². The fourth-order valence-electron chi connectivity index (χ4n) is 4.10. The van der Waals surface area contributed by atoms with Gasteiger partial charge in [0.15, 0.2) is 0 Å².